The van der Waals surface area contributed by atoms with E-state index in [4.69, 9.17) is 4.74 Å². The first kappa shape index (κ1) is 13.8. The molecule has 2 fully saturated rings. The second kappa shape index (κ2) is 5.16. The Morgan fingerprint density at radius 1 is 1.47 bits per heavy atom. The molecule has 0 bridgehead atoms. The van der Waals surface area contributed by atoms with Gasteiger partial charge in [0.2, 0.25) is 5.91 Å². The molecule has 1 unspecified atom stereocenters. The van der Waals surface area contributed by atoms with Crippen molar-refractivity contribution in [3.63, 3.8) is 0 Å². The molecule has 2 aliphatic rings. The Bertz CT molecular complexity index is 410. The van der Waals surface area contributed by atoms with Gasteiger partial charge in [-0.05, 0) is 26.7 Å². The molecule has 0 aromatic heterocycles. The average molecular weight is 269 g/mol. The molecule has 2 N–H and O–H groups in total. The number of nitrogens with one attached hydrogen (secondary N) is 2. The van der Waals surface area contributed by atoms with E-state index in [0.29, 0.717) is 19.4 Å². The SMILES string of the molecule is CC(C)OCC(=O)N1CCCC2(C1)NC(=O)NC2=O. The molecule has 0 aliphatic carbocycles. The zero-order chi connectivity index (χ0) is 14.0. The number of nitrogens with zero attached hydrogens (tertiary/aromatic N) is 1. The van der Waals surface area contributed by atoms with Crippen LogP contribution in [0.1, 0.15) is 26.7 Å². The quantitative estimate of drug-likeness (QED) is 0.683. The number of carbonyl (C=O) groups is 3. The lowest BCUT2D eigenvalue weighted by atomic mass is 9.89. The van der Waals surface area contributed by atoms with Crippen molar-refractivity contribution in [2.24, 2.45) is 0 Å². The lowest BCUT2D eigenvalue weighted by molar-refractivity contribution is -0.141. The fourth-order valence-electron chi connectivity index (χ4n) is 2.41. The molecule has 19 heavy (non-hydrogen) atoms. The maximum absolute atomic E-state index is 12.0. The minimum Gasteiger partial charge on any atom is -0.369 e. The average Bonchev–Trinajstić information content (AvgIpc) is 2.61. The van der Waals surface area contributed by atoms with Gasteiger partial charge >= 0.3 is 6.03 Å². The van der Waals surface area contributed by atoms with Crippen molar-refractivity contribution in [2.75, 3.05) is 19.7 Å². The molecular formula is C12H19N3O4. The van der Waals surface area contributed by atoms with Gasteiger partial charge in [-0.3, -0.25) is 14.9 Å². The minimum atomic E-state index is -0.956. The molecule has 2 heterocycles. The summed E-state index contributed by atoms with van der Waals surface area (Å²) in [5.74, 6) is -0.499. The van der Waals surface area contributed by atoms with E-state index in [2.05, 4.69) is 10.6 Å². The summed E-state index contributed by atoms with van der Waals surface area (Å²) in [7, 11) is 0. The molecule has 0 radical (unpaired) electrons. The molecule has 2 saturated heterocycles. The van der Waals surface area contributed by atoms with E-state index < -0.39 is 11.6 Å². The molecule has 0 saturated carbocycles. The van der Waals surface area contributed by atoms with Crippen LogP contribution in [0, 0.1) is 0 Å². The summed E-state index contributed by atoms with van der Waals surface area (Å²) in [5, 5.41) is 4.86. The summed E-state index contributed by atoms with van der Waals surface area (Å²) in [6, 6.07) is -0.488. The Balaban J connectivity index is 1.99. The lowest BCUT2D eigenvalue weighted by Crippen LogP contribution is -2.60. The Morgan fingerprint density at radius 3 is 2.79 bits per heavy atom. The summed E-state index contributed by atoms with van der Waals surface area (Å²) < 4.78 is 5.28. The largest absolute Gasteiger partial charge is 0.369 e. The number of likely N-dealkylation sites (tertiary alicyclic amines) is 1. The van der Waals surface area contributed by atoms with Gasteiger partial charge in [-0.15, -0.1) is 0 Å². The van der Waals surface area contributed by atoms with Crippen LogP contribution in [0.5, 0.6) is 0 Å². The van der Waals surface area contributed by atoms with Crippen LogP contribution in [0.15, 0.2) is 0 Å². The van der Waals surface area contributed by atoms with Gasteiger partial charge in [0.15, 0.2) is 0 Å². The van der Waals surface area contributed by atoms with Gasteiger partial charge in [-0.25, -0.2) is 4.79 Å². The van der Waals surface area contributed by atoms with E-state index in [1.54, 1.807) is 4.90 Å². The predicted molar refractivity (Wildman–Crippen MR) is 66.3 cm³/mol. The van der Waals surface area contributed by atoms with Gasteiger partial charge in [0.25, 0.3) is 5.91 Å². The van der Waals surface area contributed by atoms with E-state index in [1.807, 2.05) is 13.8 Å². The summed E-state index contributed by atoms with van der Waals surface area (Å²) in [5.41, 5.74) is -0.956. The van der Waals surface area contributed by atoms with Crippen molar-refractivity contribution in [3.05, 3.63) is 0 Å². The molecule has 0 aromatic rings. The second-order valence-corrected chi connectivity index (χ2v) is 5.27. The summed E-state index contributed by atoms with van der Waals surface area (Å²) in [6.07, 6.45) is 1.22. The molecular weight excluding hydrogens is 250 g/mol. The number of imide groups is 1. The monoisotopic (exact) mass is 269 g/mol. The first-order valence-corrected chi connectivity index (χ1v) is 6.46. The topological polar surface area (TPSA) is 87.7 Å². The highest BCUT2D eigenvalue weighted by atomic mass is 16.5. The minimum absolute atomic E-state index is 0.00329. The van der Waals surface area contributed by atoms with Crippen molar-refractivity contribution in [1.29, 1.82) is 0 Å². The van der Waals surface area contributed by atoms with E-state index in [1.165, 1.54) is 0 Å². The number of ether oxygens (including phenoxy) is 1. The van der Waals surface area contributed by atoms with Gasteiger partial charge < -0.3 is 15.0 Å². The van der Waals surface area contributed by atoms with Gasteiger partial charge in [-0.1, -0.05) is 0 Å². The zero-order valence-electron chi connectivity index (χ0n) is 11.2. The number of hydrogen-bond donors (Lipinski definition) is 2. The molecule has 2 aliphatic heterocycles. The maximum atomic E-state index is 12.0. The molecule has 0 aromatic carbocycles. The fourth-order valence-corrected chi connectivity index (χ4v) is 2.41. The molecule has 1 spiro atoms. The van der Waals surface area contributed by atoms with Crippen molar-refractivity contribution in [2.45, 2.75) is 38.3 Å². The van der Waals surface area contributed by atoms with Crippen molar-refractivity contribution >= 4 is 17.8 Å². The van der Waals surface area contributed by atoms with Crippen LogP contribution in [-0.4, -0.2) is 54.1 Å². The van der Waals surface area contributed by atoms with Crippen molar-refractivity contribution in [3.8, 4) is 0 Å². The molecule has 7 nitrogen and oxygen atoms in total. The first-order chi connectivity index (χ1) is 8.93. The molecule has 2 rings (SSSR count). The van der Waals surface area contributed by atoms with Crippen LogP contribution < -0.4 is 10.6 Å². The fraction of sp³-hybridized carbons (Fsp3) is 0.750. The van der Waals surface area contributed by atoms with Gasteiger partial charge in [0, 0.05) is 6.54 Å². The third-order valence-electron chi connectivity index (χ3n) is 3.40. The number of urea groups is 1. The first-order valence-electron chi connectivity index (χ1n) is 6.46. The third kappa shape index (κ3) is 2.86. The molecule has 106 valence electrons. The van der Waals surface area contributed by atoms with Gasteiger partial charge in [-0.2, -0.15) is 0 Å². The van der Waals surface area contributed by atoms with Crippen LogP contribution in [0.2, 0.25) is 0 Å². The zero-order valence-corrected chi connectivity index (χ0v) is 11.2. The number of rotatable bonds is 3. The Kier molecular flexibility index (Phi) is 3.75. The Hall–Kier alpha value is -1.63. The van der Waals surface area contributed by atoms with Gasteiger partial charge in [0.05, 0.1) is 12.6 Å². The van der Waals surface area contributed by atoms with Crippen LogP contribution in [0.3, 0.4) is 0 Å². The van der Waals surface area contributed by atoms with E-state index in [0.717, 1.165) is 0 Å². The van der Waals surface area contributed by atoms with Gasteiger partial charge in [0.1, 0.15) is 12.1 Å². The predicted octanol–water partition coefficient (Wildman–Crippen LogP) is -0.388. The van der Waals surface area contributed by atoms with Crippen LogP contribution in [0.25, 0.3) is 0 Å². The Labute approximate surface area is 111 Å². The highest BCUT2D eigenvalue weighted by molar-refractivity contribution is 6.07. The van der Waals surface area contributed by atoms with Crippen LogP contribution >= 0.6 is 0 Å². The second-order valence-electron chi connectivity index (χ2n) is 5.27. The number of amides is 4. The van der Waals surface area contributed by atoms with E-state index >= 15 is 0 Å². The highest BCUT2D eigenvalue weighted by Crippen LogP contribution is 2.24. The molecule has 7 heteroatoms. The van der Waals surface area contributed by atoms with Crippen LogP contribution in [0.4, 0.5) is 4.79 Å². The third-order valence-corrected chi connectivity index (χ3v) is 3.40. The maximum Gasteiger partial charge on any atom is 0.322 e. The van der Waals surface area contributed by atoms with Crippen LogP contribution in [-0.2, 0) is 14.3 Å². The smallest absolute Gasteiger partial charge is 0.322 e. The molecule has 4 amide bonds. The number of piperidine rings is 1. The van der Waals surface area contributed by atoms with Crippen molar-refractivity contribution in [1.82, 2.24) is 15.5 Å². The van der Waals surface area contributed by atoms with Crippen molar-refractivity contribution < 1.29 is 19.1 Å². The number of hydrogen-bond acceptors (Lipinski definition) is 4. The Morgan fingerprint density at radius 2 is 2.21 bits per heavy atom. The normalized spacial score (nSPS) is 26.8. The van der Waals surface area contributed by atoms with E-state index in [-0.39, 0.29) is 31.1 Å². The van der Waals surface area contributed by atoms with E-state index in [9.17, 15) is 14.4 Å². The number of carbonyl (C=O) groups excluding carboxylic acids is 3. The summed E-state index contributed by atoms with van der Waals surface area (Å²) in [6.45, 7) is 4.52. The molecule has 1 atom stereocenters. The standard InChI is InChI=1S/C12H19N3O4/c1-8(2)19-6-9(16)15-5-3-4-12(7-15)10(17)13-11(18)14-12/h8H,3-7H2,1-2H3,(H2,13,14,17,18). The lowest BCUT2D eigenvalue weighted by Gasteiger charge is -2.38. The summed E-state index contributed by atoms with van der Waals surface area (Å²) in [4.78, 5) is 36.6. The summed E-state index contributed by atoms with van der Waals surface area (Å²) >= 11 is 0. The highest BCUT2D eigenvalue weighted by Gasteiger charge is 2.49.